The Morgan fingerprint density at radius 2 is 1.87 bits per heavy atom. The molecule has 7 nitrogen and oxygen atoms in total. The van der Waals surface area contributed by atoms with Gasteiger partial charge in [-0.15, -0.1) is 0 Å². The number of ether oxygens (including phenoxy) is 2. The highest BCUT2D eigenvalue weighted by atomic mass is 16.5. The van der Waals surface area contributed by atoms with Crippen molar-refractivity contribution in [2.75, 3.05) is 19.5 Å². The van der Waals surface area contributed by atoms with Crippen LogP contribution in [0, 0.1) is 0 Å². The molecule has 1 heterocycles. The SMILES string of the molecule is COCc1oc(=O)c(NC(=O)c2ccccc2)cc1C(=O)OC. The molecule has 7 heteroatoms. The lowest BCUT2D eigenvalue weighted by atomic mass is 10.2. The van der Waals surface area contributed by atoms with E-state index in [9.17, 15) is 14.4 Å². The van der Waals surface area contributed by atoms with E-state index in [1.807, 2.05) is 0 Å². The molecule has 0 bridgehead atoms. The summed E-state index contributed by atoms with van der Waals surface area (Å²) in [5.74, 6) is -1.16. The van der Waals surface area contributed by atoms with Crippen LogP contribution in [-0.4, -0.2) is 26.1 Å². The van der Waals surface area contributed by atoms with E-state index < -0.39 is 17.5 Å². The van der Waals surface area contributed by atoms with Gasteiger partial charge in [0, 0.05) is 12.7 Å². The fraction of sp³-hybridized carbons (Fsp3) is 0.188. The average Bonchev–Trinajstić information content (AvgIpc) is 2.57. The van der Waals surface area contributed by atoms with Gasteiger partial charge in [0.15, 0.2) is 0 Å². The third kappa shape index (κ3) is 3.83. The number of esters is 1. The van der Waals surface area contributed by atoms with Crippen LogP contribution >= 0.6 is 0 Å². The maximum Gasteiger partial charge on any atom is 0.360 e. The number of anilines is 1. The molecule has 0 spiro atoms. The number of amides is 1. The summed E-state index contributed by atoms with van der Waals surface area (Å²) in [4.78, 5) is 35.8. The second kappa shape index (κ2) is 7.37. The van der Waals surface area contributed by atoms with E-state index in [4.69, 9.17) is 9.15 Å². The smallest absolute Gasteiger partial charge is 0.360 e. The minimum Gasteiger partial charge on any atom is -0.465 e. The van der Waals surface area contributed by atoms with Gasteiger partial charge in [0.2, 0.25) is 0 Å². The number of nitrogens with one attached hydrogen (secondary N) is 1. The summed E-state index contributed by atoms with van der Waals surface area (Å²) in [6.45, 7) is -0.0768. The molecule has 0 saturated heterocycles. The Kier molecular flexibility index (Phi) is 5.27. The van der Waals surface area contributed by atoms with Gasteiger partial charge < -0.3 is 19.2 Å². The number of hydrogen-bond acceptors (Lipinski definition) is 6. The molecule has 2 rings (SSSR count). The minimum atomic E-state index is -0.783. The zero-order valence-electron chi connectivity index (χ0n) is 12.6. The predicted molar refractivity (Wildman–Crippen MR) is 81.4 cm³/mol. The lowest BCUT2D eigenvalue weighted by Crippen LogP contribution is -2.20. The Morgan fingerprint density at radius 3 is 2.48 bits per heavy atom. The normalized spacial score (nSPS) is 10.2. The first kappa shape index (κ1) is 16.4. The van der Waals surface area contributed by atoms with Crippen LogP contribution in [0.3, 0.4) is 0 Å². The standard InChI is InChI=1S/C16H15NO6/c1-21-9-13-11(15(19)22-2)8-12(16(20)23-13)17-14(18)10-6-4-3-5-7-10/h3-8H,9H2,1-2H3,(H,17,18). The molecule has 0 aliphatic carbocycles. The van der Waals surface area contributed by atoms with E-state index in [-0.39, 0.29) is 23.6 Å². The van der Waals surface area contributed by atoms with E-state index in [0.29, 0.717) is 5.56 Å². The second-order valence-electron chi connectivity index (χ2n) is 4.53. The quantitative estimate of drug-likeness (QED) is 0.845. The van der Waals surface area contributed by atoms with Gasteiger partial charge in [-0.2, -0.15) is 0 Å². The van der Waals surface area contributed by atoms with Crippen LogP contribution in [0.5, 0.6) is 0 Å². The fourth-order valence-corrected chi connectivity index (χ4v) is 1.90. The number of methoxy groups -OCH3 is 2. The summed E-state index contributed by atoms with van der Waals surface area (Å²) in [5.41, 5.74) is -0.558. The molecule has 0 fully saturated rings. The Morgan fingerprint density at radius 1 is 1.17 bits per heavy atom. The van der Waals surface area contributed by atoms with Crippen molar-refractivity contribution in [2.45, 2.75) is 6.61 Å². The number of hydrogen-bond donors (Lipinski definition) is 1. The molecule has 0 atom stereocenters. The molecule has 1 aromatic heterocycles. The van der Waals surface area contributed by atoms with Gasteiger partial charge in [0.05, 0.1) is 7.11 Å². The van der Waals surface area contributed by atoms with Crippen molar-refractivity contribution < 1.29 is 23.5 Å². The van der Waals surface area contributed by atoms with Crippen molar-refractivity contribution in [2.24, 2.45) is 0 Å². The summed E-state index contributed by atoms with van der Waals surface area (Å²) in [5, 5.41) is 2.42. The molecule has 0 aliphatic heterocycles. The van der Waals surface area contributed by atoms with Crippen molar-refractivity contribution in [1.82, 2.24) is 0 Å². The molecule has 120 valence electrons. The second-order valence-corrected chi connectivity index (χ2v) is 4.53. The van der Waals surface area contributed by atoms with Gasteiger partial charge in [-0.3, -0.25) is 4.79 Å². The van der Waals surface area contributed by atoms with E-state index in [1.54, 1.807) is 30.3 Å². The monoisotopic (exact) mass is 317 g/mol. The van der Waals surface area contributed by atoms with Crippen LogP contribution in [0.25, 0.3) is 0 Å². The Balaban J connectivity index is 2.37. The third-order valence-corrected chi connectivity index (χ3v) is 2.99. The summed E-state index contributed by atoms with van der Waals surface area (Å²) in [6, 6.07) is 9.56. The van der Waals surface area contributed by atoms with Crippen molar-refractivity contribution in [1.29, 1.82) is 0 Å². The van der Waals surface area contributed by atoms with Crippen molar-refractivity contribution in [3.05, 3.63) is 63.7 Å². The highest BCUT2D eigenvalue weighted by molar-refractivity contribution is 6.04. The molecule has 2 aromatic rings. The van der Waals surface area contributed by atoms with Crippen LogP contribution in [0.2, 0.25) is 0 Å². The minimum absolute atomic E-state index is 0.0114. The zero-order valence-corrected chi connectivity index (χ0v) is 12.6. The molecule has 1 aromatic carbocycles. The lowest BCUT2D eigenvalue weighted by Gasteiger charge is -2.09. The highest BCUT2D eigenvalue weighted by Crippen LogP contribution is 2.15. The molecule has 1 amide bonds. The summed E-state index contributed by atoms with van der Waals surface area (Å²) < 4.78 is 14.6. The van der Waals surface area contributed by atoms with Gasteiger partial charge in [-0.1, -0.05) is 18.2 Å². The maximum absolute atomic E-state index is 12.1. The first-order chi connectivity index (χ1) is 11.1. The molecule has 0 aliphatic rings. The fourth-order valence-electron chi connectivity index (χ4n) is 1.90. The summed E-state index contributed by atoms with van der Waals surface area (Å²) in [6.07, 6.45) is 0. The van der Waals surface area contributed by atoms with Crippen molar-refractivity contribution >= 4 is 17.6 Å². The summed E-state index contributed by atoms with van der Waals surface area (Å²) in [7, 11) is 2.60. The van der Waals surface area contributed by atoms with Gasteiger partial charge in [-0.05, 0) is 18.2 Å². The van der Waals surface area contributed by atoms with Gasteiger partial charge in [-0.25, -0.2) is 9.59 Å². The highest BCUT2D eigenvalue weighted by Gasteiger charge is 2.19. The third-order valence-electron chi connectivity index (χ3n) is 2.99. The molecular formula is C16H15NO6. The van der Waals surface area contributed by atoms with E-state index in [1.165, 1.54) is 20.3 Å². The Bertz CT molecular complexity index is 766. The average molecular weight is 317 g/mol. The predicted octanol–water partition coefficient (Wildman–Crippen LogP) is 1.83. The van der Waals surface area contributed by atoms with Gasteiger partial charge >= 0.3 is 11.6 Å². The lowest BCUT2D eigenvalue weighted by molar-refractivity contribution is 0.0588. The van der Waals surface area contributed by atoms with Crippen LogP contribution < -0.4 is 10.9 Å². The number of carbonyl (C=O) groups excluding carboxylic acids is 2. The van der Waals surface area contributed by atoms with Gasteiger partial charge in [0.25, 0.3) is 5.91 Å². The largest absolute Gasteiger partial charge is 0.465 e. The van der Waals surface area contributed by atoms with Crippen LogP contribution in [-0.2, 0) is 16.1 Å². The number of benzene rings is 1. The Hall–Kier alpha value is -2.93. The topological polar surface area (TPSA) is 94.8 Å². The van der Waals surface area contributed by atoms with E-state index in [0.717, 1.165) is 0 Å². The first-order valence-corrected chi connectivity index (χ1v) is 6.67. The Labute approximate surface area is 131 Å². The van der Waals surface area contributed by atoms with Crippen LogP contribution in [0.1, 0.15) is 26.5 Å². The molecule has 0 unspecified atom stereocenters. The number of rotatable bonds is 5. The van der Waals surface area contributed by atoms with E-state index >= 15 is 0 Å². The molecule has 23 heavy (non-hydrogen) atoms. The van der Waals surface area contributed by atoms with E-state index in [2.05, 4.69) is 10.1 Å². The number of carbonyl (C=O) groups is 2. The zero-order chi connectivity index (χ0) is 16.8. The van der Waals surface area contributed by atoms with Gasteiger partial charge in [0.1, 0.15) is 23.6 Å². The molecule has 0 radical (unpaired) electrons. The first-order valence-electron chi connectivity index (χ1n) is 6.67. The van der Waals surface area contributed by atoms with Crippen molar-refractivity contribution in [3.63, 3.8) is 0 Å². The van der Waals surface area contributed by atoms with Crippen molar-refractivity contribution in [3.8, 4) is 0 Å². The van der Waals surface area contributed by atoms with Crippen LogP contribution in [0.15, 0.2) is 45.6 Å². The maximum atomic E-state index is 12.1. The molecular weight excluding hydrogens is 302 g/mol. The molecule has 0 saturated carbocycles. The summed E-state index contributed by atoms with van der Waals surface area (Å²) >= 11 is 0. The van der Waals surface area contributed by atoms with Crippen LogP contribution in [0.4, 0.5) is 5.69 Å². The molecule has 1 N–H and O–H groups in total.